The van der Waals surface area contributed by atoms with E-state index >= 15 is 0 Å². The van der Waals surface area contributed by atoms with Crippen molar-refractivity contribution in [2.45, 2.75) is 10.8 Å². The van der Waals surface area contributed by atoms with Crippen LogP contribution in [0.25, 0.3) is 22.3 Å². The van der Waals surface area contributed by atoms with Crippen molar-refractivity contribution in [2.75, 3.05) is 0 Å². The van der Waals surface area contributed by atoms with Crippen LogP contribution in [-0.2, 0) is 5.75 Å². The molecule has 0 unspecified atom stereocenters. The average Bonchev–Trinajstić information content (AvgIpc) is 3.09. The first-order chi connectivity index (χ1) is 11.8. The van der Waals surface area contributed by atoms with Crippen LogP contribution >= 0.6 is 23.4 Å². The highest BCUT2D eigenvalue weighted by Crippen LogP contribution is 2.29. The van der Waals surface area contributed by atoms with Gasteiger partial charge >= 0.3 is 0 Å². The molecule has 0 aliphatic carbocycles. The lowest BCUT2D eigenvalue weighted by molar-refractivity contribution is 0.391. The van der Waals surface area contributed by atoms with Gasteiger partial charge in [-0.2, -0.15) is 4.98 Å². The number of para-hydroxylation sites is 1. The molecule has 0 saturated carbocycles. The second-order valence-corrected chi connectivity index (χ2v) is 6.35. The molecular formula is C17H11ClN4OS. The van der Waals surface area contributed by atoms with Crippen molar-refractivity contribution in [1.82, 2.24) is 20.1 Å². The van der Waals surface area contributed by atoms with Crippen LogP contribution in [0.5, 0.6) is 0 Å². The number of benzene rings is 2. The van der Waals surface area contributed by atoms with Gasteiger partial charge in [-0.25, -0.2) is 9.97 Å². The zero-order valence-corrected chi connectivity index (χ0v) is 14.0. The first kappa shape index (κ1) is 15.1. The maximum Gasteiger partial charge on any atom is 0.237 e. The fourth-order valence-electron chi connectivity index (χ4n) is 2.29. The number of aromatic nitrogens is 4. The highest BCUT2D eigenvalue weighted by atomic mass is 35.5. The van der Waals surface area contributed by atoms with Gasteiger partial charge in [0.15, 0.2) is 0 Å². The molecule has 7 heteroatoms. The SMILES string of the molecule is Clc1ccccc1-c1noc(CSc2ncnc3ccccc23)n1. The Morgan fingerprint density at radius 3 is 2.75 bits per heavy atom. The Hall–Kier alpha value is -2.44. The molecule has 4 aromatic rings. The summed E-state index contributed by atoms with van der Waals surface area (Å²) in [5.74, 6) is 1.54. The minimum Gasteiger partial charge on any atom is -0.338 e. The van der Waals surface area contributed by atoms with E-state index in [1.54, 1.807) is 12.4 Å². The summed E-state index contributed by atoms with van der Waals surface area (Å²) in [5.41, 5.74) is 1.67. The lowest BCUT2D eigenvalue weighted by Gasteiger charge is -2.02. The molecule has 2 heterocycles. The van der Waals surface area contributed by atoms with Crippen molar-refractivity contribution in [3.05, 3.63) is 65.8 Å². The zero-order valence-electron chi connectivity index (χ0n) is 12.4. The number of hydrogen-bond acceptors (Lipinski definition) is 6. The predicted molar refractivity (Wildman–Crippen MR) is 93.8 cm³/mol. The predicted octanol–water partition coefficient (Wildman–Crippen LogP) is 4.63. The van der Waals surface area contributed by atoms with Crippen molar-refractivity contribution in [1.29, 1.82) is 0 Å². The smallest absolute Gasteiger partial charge is 0.237 e. The number of thioether (sulfide) groups is 1. The van der Waals surface area contributed by atoms with Crippen LogP contribution in [0.1, 0.15) is 5.89 Å². The van der Waals surface area contributed by atoms with E-state index < -0.39 is 0 Å². The third-order valence-electron chi connectivity index (χ3n) is 3.42. The van der Waals surface area contributed by atoms with E-state index in [1.807, 2.05) is 42.5 Å². The van der Waals surface area contributed by atoms with Crippen molar-refractivity contribution < 1.29 is 4.52 Å². The summed E-state index contributed by atoms with van der Waals surface area (Å²) in [5, 5.41) is 6.50. The second-order valence-electron chi connectivity index (χ2n) is 4.98. The molecule has 0 fully saturated rings. The maximum absolute atomic E-state index is 6.16. The largest absolute Gasteiger partial charge is 0.338 e. The molecule has 5 nitrogen and oxygen atoms in total. The van der Waals surface area contributed by atoms with Crippen LogP contribution in [-0.4, -0.2) is 20.1 Å². The molecule has 0 bridgehead atoms. The Bertz CT molecular complexity index is 999. The van der Waals surface area contributed by atoms with Crippen molar-refractivity contribution >= 4 is 34.3 Å². The summed E-state index contributed by atoms with van der Waals surface area (Å²) in [7, 11) is 0. The number of rotatable bonds is 4. The molecule has 0 N–H and O–H groups in total. The van der Waals surface area contributed by atoms with Crippen molar-refractivity contribution in [3.63, 3.8) is 0 Å². The third-order valence-corrected chi connectivity index (χ3v) is 4.74. The highest BCUT2D eigenvalue weighted by molar-refractivity contribution is 7.98. The molecule has 0 aliphatic rings. The molecule has 4 rings (SSSR count). The van der Waals surface area contributed by atoms with E-state index in [-0.39, 0.29) is 0 Å². The fourth-order valence-corrected chi connectivity index (χ4v) is 3.34. The van der Waals surface area contributed by atoms with Crippen LogP contribution in [0, 0.1) is 0 Å². The highest BCUT2D eigenvalue weighted by Gasteiger charge is 2.12. The molecule has 0 amide bonds. The number of fused-ring (bicyclic) bond motifs is 1. The summed E-state index contributed by atoms with van der Waals surface area (Å²) in [6.07, 6.45) is 1.56. The van der Waals surface area contributed by atoms with Gasteiger partial charge in [-0.3, -0.25) is 0 Å². The Morgan fingerprint density at radius 2 is 1.83 bits per heavy atom. The molecular weight excluding hydrogens is 344 g/mol. The molecule has 118 valence electrons. The zero-order chi connectivity index (χ0) is 16.4. The van der Waals surface area contributed by atoms with Gasteiger partial charge in [0.2, 0.25) is 11.7 Å². The molecule has 0 radical (unpaired) electrons. The first-order valence-electron chi connectivity index (χ1n) is 7.21. The van der Waals surface area contributed by atoms with Crippen molar-refractivity contribution in [2.24, 2.45) is 0 Å². The number of halogens is 1. The van der Waals surface area contributed by atoms with E-state index in [1.165, 1.54) is 11.8 Å². The average molecular weight is 355 g/mol. The van der Waals surface area contributed by atoms with E-state index in [9.17, 15) is 0 Å². The van der Waals surface area contributed by atoms with E-state index in [0.29, 0.717) is 22.5 Å². The molecule has 2 aromatic carbocycles. The van der Waals surface area contributed by atoms with E-state index in [0.717, 1.165) is 21.5 Å². The summed E-state index contributed by atoms with van der Waals surface area (Å²) in [6, 6.07) is 15.3. The van der Waals surface area contributed by atoms with Gasteiger partial charge in [0.1, 0.15) is 11.4 Å². The minimum absolute atomic E-state index is 0.490. The summed E-state index contributed by atoms with van der Waals surface area (Å²) in [6.45, 7) is 0. The molecule has 2 aromatic heterocycles. The van der Waals surface area contributed by atoms with Crippen LogP contribution in [0.3, 0.4) is 0 Å². The summed E-state index contributed by atoms with van der Waals surface area (Å²) < 4.78 is 5.32. The quantitative estimate of drug-likeness (QED) is 0.393. The van der Waals surface area contributed by atoms with Crippen LogP contribution < -0.4 is 0 Å². The topological polar surface area (TPSA) is 64.7 Å². The molecule has 24 heavy (non-hydrogen) atoms. The lowest BCUT2D eigenvalue weighted by atomic mass is 10.2. The summed E-state index contributed by atoms with van der Waals surface area (Å²) in [4.78, 5) is 13.0. The van der Waals surface area contributed by atoms with Crippen LogP contribution in [0.2, 0.25) is 5.02 Å². The van der Waals surface area contributed by atoms with Gasteiger partial charge in [-0.15, -0.1) is 0 Å². The van der Waals surface area contributed by atoms with Gasteiger partial charge in [0.05, 0.1) is 16.3 Å². The first-order valence-corrected chi connectivity index (χ1v) is 8.57. The normalized spacial score (nSPS) is 11.0. The number of hydrogen-bond donors (Lipinski definition) is 0. The Morgan fingerprint density at radius 1 is 1.00 bits per heavy atom. The minimum atomic E-state index is 0.490. The van der Waals surface area contributed by atoms with Gasteiger partial charge in [-0.1, -0.05) is 58.9 Å². The molecule has 0 spiro atoms. The number of nitrogens with zero attached hydrogens (tertiary/aromatic N) is 4. The van der Waals surface area contributed by atoms with E-state index in [2.05, 4.69) is 20.1 Å². The van der Waals surface area contributed by atoms with Crippen LogP contribution in [0.15, 0.2) is 64.4 Å². The summed E-state index contributed by atoms with van der Waals surface area (Å²) >= 11 is 7.70. The van der Waals surface area contributed by atoms with Gasteiger partial charge < -0.3 is 4.52 Å². The Labute approximate surface area is 147 Å². The van der Waals surface area contributed by atoms with Gasteiger partial charge in [-0.05, 0) is 18.2 Å². The van der Waals surface area contributed by atoms with Crippen molar-refractivity contribution in [3.8, 4) is 11.4 Å². The Kier molecular flexibility index (Phi) is 4.15. The molecule has 0 saturated heterocycles. The molecule has 0 aliphatic heterocycles. The van der Waals surface area contributed by atoms with Gasteiger partial charge in [0.25, 0.3) is 0 Å². The monoisotopic (exact) mass is 354 g/mol. The standard InChI is InChI=1S/C17H11ClN4OS/c18-13-7-3-1-5-11(13)16-21-15(23-22-16)9-24-17-12-6-2-4-8-14(12)19-10-20-17/h1-8,10H,9H2. The Balaban J connectivity index is 1.56. The molecule has 0 atom stereocenters. The van der Waals surface area contributed by atoms with Gasteiger partial charge in [0, 0.05) is 10.9 Å². The van der Waals surface area contributed by atoms with E-state index in [4.69, 9.17) is 16.1 Å². The van der Waals surface area contributed by atoms with Crippen LogP contribution in [0.4, 0.5) is 0 Å². The second kappa shape index (κ2) is 6.59. The fraction of sp³-hybridized carbons (Fsp3) is 0.0588. The third kappa shape index (κ3) is 2.98. The lowest BCUT2D eigenvalue weighted by Crippen LogP contribution is -1.88. The maximum atomic E-state index is 6.16.